The Morgan fingerprint density at radius 3 is 2.86 bits per heavy atom. The fourth-order valence-electron chi connectivity index (χ4n) is 2.57. The van der Waals surface area contributed by atoms with Gasteiger partial charge in [-0.3, -0.25) is 4.79 Å². The molecule has 6 nitrogen and oxygen atoms in total. The van der Waals surface area contributed by atoms with Crippen LogP contribution in [0.15, 0.2) is 39.8 Å². The van der Waals surface area contributed by atoms with Gasteiger partial charge in [-0.2, -0.15) is 4.31 Å². The van der Waals surface area contributed by atoms with Gasteiger partial charge in [0.2, 0.25) is 11.0 Å². The number of rotatable bonds is 3. The van der Waals surface area contributed by atoms with Crippen LogP contribution in [0.2, 0.25) is 0 Å². The third kappa shape index (κ3) is 2.32. The molecule has 0 radical (unpaired) electrons. The van der Waals surface area contributed by atoms with Crippen molar-refractivity contribution in [3.63, 3.8) is 0 Å². The molecular weight excluding hydrogens is 292 g/mol. The number of piperazine rings is 1. The molecule has 1 aliphatic heterocycles. The molecule has 2 heterocycles. The van der Waals surface area contributed by atoms with Gasteiger partial charge in [0.15, 0.2) is 0 Å². The molecule has 3 rings (SSSR count). The van der Waals surface area contributed by atoms with Gasteiger partial charge in [-0.1, -0.05) is 25.1 Å². The van der Waals surface area contributed by atoms with E-state index in [-0.39, 0.29) is 17.5 Å². The van der Waals surface area contributed by atoms with Gasteiger partial charge >= 0.3 is 0 Å². The highest BCUT2D eigenvalue weighted by molar-refractivity contribution is 7.89. The summed E-state index contributed by atoms with van der Waals surface area (Å²) in [6.45, 7) is 2.36. The molecule has 0 saturated carbocycles. The Morgan fingerprint density at radius 2 is 2.14 bits per heavy atom. The van der Waals surface area contributed by atoms with Crippen LogP contribution in [0.1, 0.15) is 13.3 Å². The van der Waals surface area contributed by atoms with Crippen LogP contribution in [0, 0.1) is 0 Å². The first-order valence-electron chi connectivity index (χ1n) is 6.82. The van der Waals surface area contributed by atoms with E-state index >= 15 is 0 Å². The first-order chi connectivity index (χ1) is 10.0. The Morgan fingerprint density at radius 1 is 1.38 bits per heavy atom. The molecule has 1 aliphatic rings. The van der Waals surface area contributed by atoms with Crippen molar-refractivity contribution in [1.29, 1.82) is 0 Å². The highest BCUT2D eigenvalue weighted by Gasteiger charge is 2.38. The number of furan rings is 1. The standard InChI is InChI=1S/C14H16N2O4S/c1-2-11-14(17)15-7-8-16(11)21(18,19)13-9-10-5-3-4-6-12(10)20-13/h3-6,9,11H,2,7-8H2,1H3,(H,15,17)/t11-/m1/s1. The highest BCUT2D eigenvalue weighted by atomic mass is 32.2. The van der Waals surface area contributed by atoms with Crippen LogP contribution in [0.5, 0.6) is 0 Å². The van der Waals surface area contributed by atoms with E-state index in [9.17, 15) is 13.2 Å². The molecule has 0 spiro atoms. The summed E-state index contributed by atoms with van der Waals surface area (Å²) in [4.78, 5) is 11.8. The summed E-state index contributed by atoms with van der Waals surface area (Å²) in [6.07, 6.45) is 0.422. The second-order valence-electron chi connectivity index (χ2n) is 4.93. The van der Waals surface area contributed by atoms with Crippen LogP contribution in [0.25, 0.3) is 11.0 Å². The average Bonchev–Trinajstić information content (AvgIpc) is 2.91. The van der Waals surface area contributed by atoms with Gasteiger partial charge in [-0.15, -0.1) is 0 Å². The lowest BCUT2D eigenvalue weighted by Crippen LogP contribution is -2.56. The zero-order valence-corrected chi connectivity index (χ0v) is 12.4. The van der Waals surface area contributed by atoms with Crippen molar-refractivity contribution < 1.29 is 17.6 Å². The first kappa shape index (κ1) is 14.1. The number of hydrogen-bond donors (Lipinski definition) is 1. The lowest BCUT2D eigenvalue weighted by molar-refractivity contribution is -0.126. The van der Waals surface area contributed by atoms with Crippen molar-refractivity contribution in [1.82, 2.24) is 9.62 Å². The van der Waals surface area contributed by atoms with Crippen LogP contribution in [0.4, 0.5) is 0 Å². The average molecular weight is 308 g/mol. The maximum absolute atomic E-state index is 12.7. The lowest BCUT2D eigenvalue weighted by atomic mass is 10.2. The number of benzene rings is 1. The van der Waals surface area contributed by atoms with Gasteiger partial charge in [0.25, 0.3) is 10.0 Å². The van der Waals surface area contributed by atoms with Crippen LogP contribution in [-0.2, 0) is 14.8 Å². The van der Waals surface area contributed by atoms with Crippen molar-refractivity contribution in [2.75, 3.05) is 13.1 Å². The summed E-state index contributed by atoms with van der Waals surface area (Å²) in [5, 5.41) is 3.30. The van der Waals surface area contributed by atoms with Gasteiger partial charge in [-0.05, 0) is 12.5 Å². The molecule has 1 saturated heterocycles. The molecule has 1 amide bonds. The quantitative estimate of drug-likeness (QED) is 0.927. The molecule has 1 fully saturated rings. The molecule has 7 heteroatoms. The minimum absolute atomic E-state index is 0.114. The van der Waals surface area contributed by atoms with E-state index in [1.165, 1.54) is 10.4 Å². The summed E-state index contributed by atoms with van der Waals surface area (Å²) >= 11 is 0. The molecule has 0 aliphatic carbocycles. The smallest absolute Gasteiger partial charge is 0.277 e. The topological polar surface area (TPSA) is 79.6 Å². The number of carbonyl (C=O) groups is 1. The fourth-order valence-corrected chi connectivity index (χ4v) is 4.18. The predicted octanol–water partition coefficient (Wildman–Crippen LogP) is 1.33. The van der Waals surface area contributed by atoms with E-state index in [2.05, 4.69) is 5.32 Å². The van der Waals surface area contributed by atoms with Gasteiger partial charge in [0.1, 0.15) is 11.6 Å². The van der Waals surface area contributed by atoms with E-state index in [0.29, 0.717) is 18.5 Å². The Bertz CT molecular complexity index is 748. The van der Waals surface area contributed by atoms with Crippen molar-refractivity contribution in [2.24, 2.45) is 0 Å². The van der Waals surface area contributed by atoms with Gasteiger partial charge in [-0.25, -0.2) is 8.42 Å². The maximum atomic E-state index is 12.7. The molecule has 21 heavy (non-hydrogen) atoms. The highest BCUT2D eigenvalue weighted by Crippen LogP contribution is 2.27. The van der Waals surface area contributed by atoms with E-state index in [1.54, 1.807) is 25.1 Å². The second kappa shape index (κ2) is 5.16. The third-order valence-corrected chi connectivity index (χ3v) is 5.40. The minimum atomic E-state index is -3.81. The molecule has 0 bridgehead atoms. The monoisotopic (exact) mass is 308 g/mol. The number of sulfonamides is 1. The van der Waals surface area contributed by atoms with E-state index in [4.69, 9.17) is 4.42 Å². The molecule has 2 aromatic rings. The SMILES string of the molecule is CC[C@@H]1C(=O)NCCN1S(=O)(=O)c1cc2ccccc2o1. The van der Waals surface area contributed by atoms with Crippen molar-refractivity contribution >= 4 is 26.9 Å². The van der Waals surface area contributed by atoms with Gasteiger partial charge in [0, 0.05) is 24.5 Å². The first-order valence-corrected chi connectivity index (χ1v) is 8.26. The largest absolute Gasteiger partial charge is 0.443 e. The third-order valence-electron chi connectivity index (χ3n) is 3.63. The Labute approximate surface area is 122 Å². The van der Waals surface area contributed by atoms with Gasteiger partial charge in [0.05, 0.1) is 0 Å². The summed E-state index contributed by atoms with van der Waals surface area (Å²) in [5.41, 5.74) is 0.519. The molecule has 1 atom stereocenters. The number of hydrogen-bond acceptors (Lipinski definition) is 4. The number of carbonyl (C=O) groups excluding carboxylic acids is 1. The number of fused-ring (bicyclic) bond motifs is 1. The van der Waals surface area contributed by atoms with Crippen molar-refractivity contribution in [3.05, 3.63) is 30.3 Å². The van der Waals surface area contributed by atoms with Crippen molar-refractivity contribution in [3.8, 4) is 0 Å². The predicted molar refractivity (Wildman–Crippen MR) is 77.2 cm³/mol. The second-order valence-corrected chi connectivity index (χ2v) is 6.76. The Balaban J connectivity index is 2.04. The van der Waals surface area contributed by atoms with Crippen LogP contribution in [0.3, 0.4) is 0 Å². The normalized spacial score (nSPS) is 20.6. The Hall–Kier alpha value is -1.86. The summed E-state index contributed by atoms with van der Waals surface area (Å²) < 4.78 is 32.1. The molecular formula is C14H16N2O4S. The van der Waals surface area contributed by atoms with Crippen LogP contribution < -0.4 is 5.32 Å². The number of nitrogens with one attached hydrogen (secondary N) is 1. The van der Waals surface area contributed by atoms with Crippen LogP contribution in [-0.4, -0.2) is 37.8 Å². The van der Waals surface area contributed by atoms with E-state index in [0.717, 1.165) is 5.39 Å². The summed E-state index contributed by atoms with van der Waals surface area (Å²) in [5.74, 6) is -0.261. The summed E-state index contributed by atoms with van der Waals surface area (Å²) in [7, 11) is -3.81. The summed E-state index contributed by atoms with van der Waals surface area (Å²) in [6, 6.07) is 7.93. The Kier molecular flexibility index (Phi) is 3.46. The number of nitrogens with zero attached hydrogens (tertiary/aromatic N) is 1. The zero-order valence-electron chi connectivity index (χ0n) is 11.6. The fraction of sp³-hybridized carbons (Fsp3) is 0.357. The van der Waals surface area contributed by atoms with Crippen molar-refractivity contribution in [2.45, 2.75) is 24.5 Å². The van der Waals surface area contributed by atoms with Crippen LogP contribution >= 0.6 is 0 Å². The molecule has 1 aromatic carbocycles. The molecule has 1 aromatic heterocycles. The molecule has 0 unspecified atom stereocenters. The zero-order chi connectivity index (χ0) is 15.0. The van der Waals surface area contributed by atoms with E-state index < -0.39 is 16.1 Å². The lowest BCUT2D eigenvalue weighted by Gasteiger charge is -2.32. The maximum Gasteiger partial charge on any atom is 0.277 e. The number of para-hydroxylation sites is 1. The minimum Gasteiger partial charge on any atom is -0.443 e. The number of amides is 1. The van der Waals surface area contributed by atoms with E-state index in [1.807, 2.05) is 6.07 Å². The molecule has 1 N–H and O–H groups in total. The van der Waals surface area contributed by atoms with Gasteiger partial charge < -0.3 is 9.73 Å². The molecule has 112 valence electrons.